The van der Waals surface area contributed by atoms with E-state index in [0.29, 0.717) is 0 Å². The highest BCUT2D eigenvalue weighted by Gasteiger charge is 2.49. The molecule has 0 aliphatic carbocycles. The second-order valence-electron chi connectivity index (χ2n) is 8.96. The number of methoxy groups -OCH3 is 1. The van der Waals surface area contributed by atoms with Gasteiger partial charge in [0.15, 0.2) is 12.4 Å². The summed E-state index contributed by atoms with van der Waals surface area (Å²) in [5, 5.41) is 13.4. The fraction of sp³-hybridized carbons (Fsp3) is 0.842. The van der Waals surface area contributed by atoms with Crippen molar-refractivity contribution in [2.75, 3.05) is 13.7 Å². The molecule has 0 aromatic rings. The highest BCUT2D eigenvalue weighted by molar-refractivity contribution is 5.76. The average Bonchev–Trinajstić information content (AvgIpc) is 2.54. The summed E-state index contributed by atoms with van der Waals surface area (Å²) in [4.78, 5) is 36.0. The number of aliphatic hydroxyl groups excluding tert-OH is 1. The van der Waals surface area contributed by atoms with E-state index in [1.54, 1.807) is 41.5 Å². The summed E-state index contributed by atoms with van der Waals surface area (Å²) in [6.07, 6.45) is -4.50. The number of esters is 2. The summed E-state index contributed by atoms with van der Waals surface area (Å²) < 4.78 is 21.7. The fourth-order valence-electron chi connectivity index (χ4n) is 2.46. The molecule has 2 N–H and O–H groups in total. The van der Waals surface area contributed by atoms with Gasteiger partial charge in [-0.25, -0.2) is 0 Å². The predicted molar refractivity (Wildman–Crippen MR) is 99.0 cm³/mol. The molecule has 1 aliphatic heterocycles. The second kappa shape index (κ2) is 9.19. The maximum absolute atomic E-state index is 12.4. The van der Waals surface area contributed by atoms with Gasteiger partial charge in [0, 0.05) is 14.0 Å². The maximum Gasteiger partial charge on any atom is 0.311 e. The first kappa shape index (κ1) is 24.3. The summed E-state index contributed by atoms with van der Waals surface area (Å²) in [7, 11) is 1.36. The van der Waals surface area contributed by atoms with Gasteiger partial charge in [0.25, 0.3) is 0 Å². The molecule has 1 rings (SSSR count). The number of nitrogens with one attached hydrogen (secondary N) is 1. The van der Waals surface area contributed by atoms with E-state index in [4.69, 9.17) is 18.9 Å². The van der Waals surface area contributed by atoms with Crippen molar-refractivity contribution in [3.05, 3.63) is 0 Å². The van der Waals surface area contributed by atoms with E-state index in [9.17, 15) is 19.5 Å². The van der Waals surface area contributed by atoms with Crippen molar-refractivity contribution in [1.29, 1.82) is 0 Å². The molecule has 0 radical (unpaired) electrons. The molecule has 162 valence electrons. The summed E-state index contributed by atoms with van der Waals surface area (Å²) in [6.45, 7) is 11.2. The summed E-state index contributed by atoms with van der Waals surface area (Å²) >= 11 is 0. The lowest BCUT2D eigenvalue weighted by atomic mass is 9.94. The van der Waals surface area contributed by atoms with Crippen LogP contribution < -0.4 is 5.32 Å². The minimum atomic E-state index is -1.35. The predicted octanol–water partition coefficient (Wildman–Crippen LogP) is 0.770. The number of carbonyl (C=O) groups is 3. The van der Waals surface area contributed by atoms with Crippen molar-refractivity contribution in [3.63, 3.8) is 0 Å². The zero-order valence-electron chi connectivity index (χ0n) is 17.9. The molecule has 1 saturated heterocycles. The number of hydrogen-bond acceptors (Lipinski definition) is 8. The molecule has 0 aromatic heterocycles. The van der Waals surface area contributed by atoms with Gasteiger partial charge in [-0.2, -0.15) is 0 Å². The minimum Gasteiger partial charge on any atom is -0.462 e. The van der Waals surface area contributed by atoms with Crippen LogP contribution in [0.3, 0.4) is 0 Å². The second-order valence-corrected chi connectivity index (χ2v) is 8.96. The Kier molecular flexibility index (Phi) is 7.99. The third kappa shape index (κ3) is 6.42. The van der Waals surface area contributed by atoms with E-state index in [-0.39, 0.29) is 6.61 Å². The molecule has 0 aromatic carbocycles. The standard InChI is InChI=1S/C19H33NO8/c1-10(21)20-12-14(28-17(24)19(5,6)7)13(22)11(27-15(12)25-8)9-26-16(23)18(2,3)4/h11-15,22H,9H2,1-8H3,(H,20,21)/t11-,12-,13-,14-,15-/m1/s1. The van der Waals surface area contributed by atoms with E-state index < -0.39 is 59.3 Å². The number of carbonyl (C=O) groups excluding carboxylic acids is 3. The van der Waals surface area contributed by atoms with Crippen molar-refractivity contribution in [3.8, 4) is 0 Å². The first-order valence-electron chi connectivity index (χ1n) is 9.20. The fourth-order valence-corrected chi connectivity index (χ4v) is 2.46. The molecule has 1 aliphatic rings. The molecule has 28 heavy (non-hydrogen) atoms. The van der Waals surface area contributed by atoms with E-state index >= 15 is 0 Å². The molecule has 0 saturated carbocycles. The molecular formula is C19H33NO8. The highest BCUT2D eigenvalue weighted by Crippen LogP contribution is 2.28. The Bertz CT molecular complexity index is 577. The molecule has 1 fully saturated rings. The van der Waals surface area contributed by atoms with Crippen LogP contribution in [-0.4, -0.2) is 67.3 Å². The largest absolute Gasteiger partial charge is 0.462 e. The molecule has 0 bridgehead atoms. The molecule has 0 spiro atoms. The van der Waals surface area contributed by atoms with E-state index in [1.165, 1.54) is 14.0 Å². The van der Waals surface area contributed by atoms with Crippen LogP contribution in [-0.2, 0) is 33.3 Å². The summed E-state index contributed by atoms with van der Waals surface area (Å²) in [6, 6.07) is -0.932. The third-order valence-corrected chi connectivity index (χ3v) is 4.12. The highest BCUT2D eigenvalue weighted by atomic mass is 16.7. The molecule has 1 heterocycles. The number of amides is 1. The zero-order chi connectivity index (χ0) is 21.9. The molecule has 0 unspecified atom stereocenters. The van der Waals surface area contributed by atoms with E-state index in [2.05, 4.69) is 5.32 Å². The van der Waals surface area contributed by atoms with Gasteiger partial charge in [-0.15, -0.1) is 0 Å². The Morgan fingerprint density at radius 3 is 2.00 bits per heavy atom. The Morgan fingerprint density at radius 2 is 1.57 bits per heavy atom. The first-order valence-corrected chi connectivity index (χ1v) is 9.20. The minimum absolute atomic E-state index is 0.256. The molecule has 1 amide bonds. The van der Waals surface area contributed by atoms with Crippen molar-refractivity contribution in [2.24, 2.45) is 10.8 Å². The topological polar surface area (TPSA) is 120 Å². The van der Waals surface area contributed by atoms with Crippen LogP contribution >= 0.6 is 0 Å². The van der Waals surface area contributed by atoms with E-state index in [0.717, 1.165) is 0 Å². The lowest BCUT2D eigenvalue weighted by molar-refractivity contribution is -0.270. The van der Waals surface area contributed by atoms with Gasteiger partial charge in [0.2, 0.25) is 5.91 Å². The van der Waals surface area contributed by atoms with Gasteiger partial charge in [0.05, 0.1) is 10.8 Å². The van der Waals surface area contributed by atoms with Gasteiger partial charge in [0.1, 0.15) is 24.9 Å². The van der Waals surface area contributed by atoms with Crippen molar-refractivity contribution < 1.29 is 38.4 Å². The van der Waals surface area contributed by atoms with Gasteiger partial charge in [-0.1, -0.05) is 0 Å². The van der Waals surface area contributed by atoms with Crippen LogP contribution in [0, 0.1) is 10.8 Å². The maximum atomic E-state index is 12.4. The SMILES string of the molecule is CO[C@@H]1O[C@H](COC(=O)C(C)(C)C)[C@@H](O)[C@H](OC(=O)C(C)(C)C)[C@H]1NC(C)=O. The molecule has 9 heteroatoms. The average molecular weight is 403 g/mol. The van der Waals surface area contributed by atoms with Crippen molar-refractivity contribution in [1.82, 2.24) is 5.32 Å². The zero-order valence-corrected chi connectivity index (χ0v) is 17.9. The van der Waals surface area contributed by atoms with Crippen LogP contribution in [0.15, 0.2) is 0 Å². The molecule has 5 atom stereocenters. The van der Waals surface area contributed by atoms with Crippen LogP contribution in [0.1, 0.15) is 48.5 Å². The first-order chi connectivity index (χ1) is 12.7. The lowest BCUT2D eigenvalue weighted by Crippen LogP contribution is -2.66. The molecule has 9 nitrogen and oxygen atoms in total. The van der Waals surface area contributed by atoms with Gasteiger partial charge < -0.3 is 29.4 Å². The van der Waals surface area contributed by atoms with Gasteiger partial charge in [-0.05, 0) is 41.5 Å². The number of rotatable bonds is 5. The van der Waals surface area contributed by atoms with Crippen LogP contribution in [0.4, 0.5) is 0 Å². The number of hydrogen-bond donors (Lipinski definition) is 2. The van der Waals surface area contributed by atoms with Crippen LogP contribution in [0.5, 0.6) is 0 Å². The third-order valence-electron chi connectivity index (χ3n) is 4.12. The quantitative estimate of drug-likeness (QED) is 0.646. The van der Waals surface area contributed by atoms with Gasteiger partial charge in [-0.3, -0.25) is 14.4 Å². The number of aliphatic hydroxyl groups is 1. The summed E-state index contributed by atoms with van der Waals surface area (Å²) in [5.74, 6) is -1.43. The summed E-state index contributed by atoms with van der Waals surface area (Å²) in [5.41, 5.74) is -1.55. The Hall–Kier alpha value is -1.71. The number of ether oxygens (including phenoxy) is 4. The van der Waals surface area contributed by atoms with Crippen molar-refractivity contribution >= 4 is 17.8 Å². The Labute approximate surface area is 166 Å². The monoisotopic (exact) mass is 403 g/mol. The smallest absolute Gasteiger partial charge is 0.311 e. The van der Waals surface area contributed by atoms with Crippen LogP contribution in [0.2, 0.25) is 0 Å². The Morgan fingerprint density at radius 1 is 1.04 bits per heavy atom. The Balaban J connectivity index is 3.06. The van der Waals surface area contributed by atoms with Crippen molar-refractivity contribution in [2.45, 2.75) is 79.1 Å². The van der Waals surface area contributed by atoms with Gasteiger partial charge >= 0.3 is 11.9 Å². The van der Waals surface area contributed by atoms with E-state index in [1.807, 2.05) is 0 Å². The molecular weight excluding hydrogens is 370 g/mol. The lowest BCUT2D eigenvalue weighted by Gasteiger charge is -2.44. The van der Waals surface area contributed by atoms with Crippen LogP contribution in [0.25, 0.3) is 0 Å². The normalized spacial score (nSPS) is 28.4.